The van der Waals surface area contributed by atoms with Crippen LogP contribution >= 0.6 is 0 Å². The molecule has 41 heavy (non-hydrogen) atoms. The first-order chi connectivity index (χ1) is 19.8. The second kappa shape index (κ2) is 9.10. The Labute approximate surface area is 238 Å². The molecule has 3 aliphatic heterocycles. The zero-order chi connectivity index (χ0) is 28.5. The molecule has 7 rings (SSSR count). The Balaban J connectivity index is 1.56. The second-order valence-electron chi connectivity index (χ2n) is 11.3. The Morgan fingerprint density at radius 2 is 1.61 bits per heavy atom. The van der Waals surface area contributed by atoms with E-state index in [1.54, 1.807) is 18.3 Å². The van der Waals surface area contributed by atoms with Crippen molar-refractivity contribution in [1.29, 1.82) is 0 Å². The van der Waals surface area contributed by atoms with E-state index in [1.165, 1.54) is 6.20 Å². The van der Waals surface area contributed by atoms with Gasteiger partial charge in [0.2, 0.25) is 5.91 Å². The summed E-state index contributed by atoms with van der Waals surface area (Å²) in [5.74, 6) is -1.74. The van der Waals surface area contributed by atoms with Crippen LogP contribution in [-0.2, 0) is 10.2 Å². The maximum atomic E-state index is 14.7. The van der Waals surface area contributed by atoms with Crippen LogP contribution < -0.4 is 10.2 Å². The smallest absolute Gasteiger partial charge is 0.238 e. The number of fused-ring (bicyclic) bond motifs is 6. The molecule has 0 aliphatic carbocycles. The molecule has 1 spiro atoms. The van der Waals surface area contributed by atoms with Crippen molar-refractivity contribution in [2.45, 2.75) is 38.3 Å². The number of rotatable bonds is 4. The van der Waals surface area contributed by atoms with Crippen LogP contribution in [0.3, 0.4) is 0 Å². The minimum atomic E-state index is -1.33. The molecule has 0 unspecified atom stereocenters. The van der Waals surface area contributed by atoms with E-state index < -0.39 is 23.4 Å². The summed E-state index contributed by atoms with van der Waals surface area (Å²) in [5, 5.41) is 3.08. The molecule has 4 aromatic rings. The highest BCUT2D eigenvalue weighted by Gasteiger charge is 2.70. The Morgan fingerprint density at radius 3 is 2.37 bits per heavy atom. The molecular formula is C35H29N3O3. The first-order valence-corrected chi connectivity index (χ1v) is 13.9. The maximum Gasteiger partial charge on any atom is 0.238 e. The van der Waals surface area contributed by atoms with Crippen LogP contribution in [0.5, 0.6) is 0 Å². The number of carbonyl (C=O) groups excluding carboxylic acids is 3. The minimum absolute atomic E-state index is 0.189. The van der Waals surface area contributed by atoms with Gasteiger partial charge < -0.3 is 10.2 Å². The lowest BCUT2D eigenvalue weighted by molar-refractivity contribution is -0.121. The molecule has 3 aromatic carbocycles. The number of nitrogens with one attached hydrogen (secondary N) is 1. The Morgan fingerprint density at radius 1 is 0.854 bits per heavy atom. The number of carbonyl (C=O) groups is 3. The molecule has 0 radical (unpaired) electrons. The summed E-state index contributed by atoms with van der Waals surface area (Å²) in [6.07, 6.45) is 5.22. The number of benzene rings is 3. The van der Waals surface area contributed by atoms with Crippen LogP contribution in [-0.4, -0.2) is 34.5 Å². The van der Waals surface area contributed by atoms with Gasteiger partial charge in [-0.3, -0.25) is 19.4 Å². The molecule has 1 fully saturated rings. The third-order valence-electron chi connectivity index (χ3n) is 8.97. The molecule has 0 saturated carbocycles. The lowest BCUT2D eigenvalue weighted by Crippen LogP contribution is -2.51. The number of aromatic nitrogens is 1. The van der Waals surface area contributed by atoms with Crippen LogP contribution in [0.15, 0.2) is 97.3 Å². The number of hydrogen-bond donors (Lipinski definition) is 1. The van der Waals surface area contributed by atoms with Gasteiger partial charge in [0.1, 0.15) is 11.5 Å². The molecule has 4 atom stereocenters. The van der Waals surface area contributed by atoms with E-state index in [-0.39, 0.29) is 17.5 Å². The summed E-state index contributed by atoms with van der Waals surface area (Å²) in [6, 6.07) is 23.1. The fourth-order valence-corrected chi connectivity index (χ4v) is 7.12. The zero-order valence-corrected chi connectivity index (χ0v) is 23.1. The van der Waals surface area contributed by atoms with Crippen molar-refractivity contribution in [1.82, 2.24) is 4.98 Å². The van der Waals surface area contributed by atoms with Crippen LogP contribution in [0.25, 0.3) is 5.57 Å². The molecule has 4 heterocycles. The number of ketones is 2. The standard InChI is InChI=1S/C35H29N3O3/c1-20-10-13-23(14-11-20)33(40)31-30(32(39)24-7-6-16-36-19-24)35(26-8-4-5-9-27(26)37-34(35)41)29-18-22(3)25-17-21(2)12-15-28(25)38(29)31/h4-19,29-31H,1-3H3,(H,37,41)/t29-,30+,31-,35+/m0/s1. The van der Waals surface area contributed by atoms with E-state index >= 15 is 0 Å². The van der Waals surface area contributed by atoms with Crippen molar-refractivity contribution in [2.24, 2.45) is 5.92 Å². The molecule has 6 heteroatoms. The zero-order valence-electron chi connectivity index (χ0n) is 23.1. The number of allylic oxidation sites excluding steroid dienone is 1. The first-order valence-electron chi connectivity index (χ1n) is 13.9. The van der Waals surface area contributed by atoms with Gasteiger partial charge in [0.15, 0.2) is 11.6 Å². The number of amides is 1. The van der Waals surface area contributed by atoms with E-state index in [1.807, 2.05) is 86.3 Å². The second-order valence-corrected chi connectivity index (χ2v) is 11.3. The van der Waals surface area contributed by atoms with Crippen LogP contribution in [0.2, 0.25) is 0 Å². The van der Waals surface area contributed by atoms with E-state index in [4.69, 9.17) is 0 Å². The van der Waals surface area contributed by atoms with E-state index in [2.05, 4.69) is 22.4 Å². The van der Waals surface area contributed by atoms with Gasteiger partial charge in [0.25, 0.3) is 0 Å². The fourth-order valence-electron chi connectivity index (χ4n) is 7.12. The SMILES string of the molecule is CC1=C[C@@H]2N(c3ccc(C)cc31)[C@H](C(=O)c1ccc(C)cc1)[C@H](C(=O)c1cccnc1)[C@]21C(=O)Nc2ccccc21. The summed E-state index contributed by atoms with van der Waals surface area (Å²) in [4.78, 5) is 50.1. The molecule has 1 saturated heterocycles. The number of hydrogen-bond acceptors (Lipinski definition) is 5. The summed E-state index contributed by atoms with van der Waals surface area (Å²) >= 11 is 0. The monoisotopic (exact) mass is 539 g/mol. The summed E-state index contributed by atoms with van der Waals surface area (Å²) in [7, 11) is 0. The lowest BCUT2D eigenvalue weighted by atomic mass is 9.64. The highest BCUT2D eigenvalue weighted by molar-refractivity contribution is 6.18. The van der Waals surface area contributed by atoms with Gasteiger partial charge in [-0.25, -0.2) is 0 Å². The van der Waals surface area contributed by atoms with Gasteiger partial charge in [-0.15, -0.1) is 0 Å². The molecule has 1 aromatic heterocycles. The Bertz CT molecular complexity index is 1780. The highest BCUT2D eigenvalue weighted by atomic mass is 16.2. The van der Waals surface area contributed by atoms with Crippen LogP contribution in [0, 0.1) is 19.8 Å². The molecular weight excluding hydrogens is 510 g/mol. The maximum absolute atomic E-state index is 14.7. The van der Waals surface area contributed by atoms with E-state index in [0.717, 1.165) is 33.5 Å². The van der Waals surface area contributed by atoms with Crippen molar-refractivity contribution in [3.05, 3.63) is 131 Å². The third kappa shape index (κ3) is 3.50. The van der Waals surface area contributed by atoms with Gasteiger partial charge >= 0.3 is 0 Å². The number of Topliss-reactive ketones (excluding diaryl/α,β-unsaturated/α-hetero) is 2. The van der Waals surface area contributed by atoms with Gasteiger partial charge in [0, 0.05) is 40.5 Å². The molecule has 202 valence electrons. The average molecular weight is 540 g/mol. The number of pyridine rings is 1. The van der Waals surface area contributed by atoms with Crippen LogP contribution in [0.4, 0.5) is 11.4 Å². The normalized spacial score (nSPS) is 23.9. The summed E-state index contributed by atoms with van der Waals surface area (Å²) < 4.78 is 0. The van der Waals surface area contributed by atoms with Crippen LogP contribution in [0.1, 0.15) is 49.9 Å². The number of aryl methyl sites for hydroxylation is 2. The largest absolute Gasteiger partial charge is 0.352 e. The third-order valence-corrected chi connectivity index (χ3v) is 8.97. The van der Waals surface area contributed by atoms with Crippen molar-refractivity contribution >= 4 is 34.4 Å². The topological polar surface area (TPSA) is 79.4 Å². The molecule has 3 aliphatic rings. The van der Waals surface area contributed by atoms with Crippen molar-refractivity contribution in [3.63, 3.8) is 0 Å². The molecule has 1 N–H and O–H groups in total. The number of nitrogens with zero attached hydrogens (tertiary/aromatic N) is 2. The van der Waals surface area contributed by atoms with E-state index in [9.17, 15) is 14.4 Å². The predicted molar refractivity (Wildman–Crippen MR) is 159 cm³/mol. The first kappa shape index (κ1) is 25.1. The Kier molecular flexibility index (Phi) is 5.58. The van der Waals surface area contributed by atoms with E-state index in [0.29, 0.717) is 16.8 Å². The lowest BCUT2D eigenvalue weighted by Gasteiger charge is -2.39. The van der Waals surface area contributed by atoms with Gasteiger partial charge in [-0.2, -0.15) is 0 Å². The molecule has 0 bridgehead atoms. The fraction of sp³-hybridized carbons (Fsp3) is 0.200. The number of anilines is 2. The minimum Gasteiger partial charge on any atom is -0.352 e. The van der Waals surface area contributed by atoms with Crippen molar-refractivity contribution in [3.8, 4) is 0 Å². The molecule has 6 nitrogen and oxygen atoms in total. The summed E-state index contributed by atoms with van der Waals surface area (Å²) in [5.41, 5.74) is 5.95. The molecule has 1 amide bonds. The van der Waals surface area contributed by atoms with Crippen molar-refractivity contribution in [2.75, 3.05) is 10.2 Å². The number of para-hydroxylation sites is 1. The van der Waals surface area contributed by atoms with Crippen molar-refractivity contribution < 1.29 is 14.4 Å². The predicted octanol–water partition coefficient (Wildman–Crippen LogP) is 5.94. The van der Waals surface area contributed by atoms with Gasteiger partial charge in [-0.05, 0) is 62.2 Å². The highest BCUT2D eigenvalue weighted by Crippen LogP contribution is 2.58. The summed E-state index contributed by atoms with van der Waals surface area (Å²) in [6.45, 7) is 6.05. The Hall–Kier alpha value is -4.84. The quantitative estimate of drug-likeness (QED) is 0.325. The van der Waals surface area contributed by atoms with Gasteiger partial charge in [0.05, 0.1) is 12.0 Å². The van der Waals surface area contributed by atoms with Gasteiger partial charge in [-0.1, -0.05) is 65.7 Å². The average Bonchev–Trinajstić information content (AvgIpc) is 3.45.